The summed E-state index contributed by atoms with van der Waals surface area (Å²) < 4.78 is 5.78. The van der Waals surface area contributed by atoms with Crippen LogP contribution in [0.5, 0.6) is 5.75 Å². The molecule has 0 unspecified atom stereocenters. The summed E-state index contributed by atoms with van der Waals surface area (Å²) in [4.78, 5) is 0. The molecule has 3 nitrogen and oxygen atoms in total. The number of allylic oxidation sites excluding steroid dienone is 1. The first-order valence-electron chi connectivity index (χ1n) is 10.1. The number of unbranched alkanes of at least 4 members (excludes halogenated alkanes) is 2. The Labute approximate surface area is 172 Å². The number of hydrogen-bond donors (Lipinski definition) is 0. The Morgan fingerprint density at radius 1 is 0.821 bits per heavy atom. The maximum Gasteiger partial charge on any atom is 0.147 e. The van der Waals surface area contributed by atoms with E-state index in [1.54, 1.807) is 11.3 Å². The molecule has 0 atom stereocenters. The van der Waals surface area contributed by atoms with E-state index in [-0.39, 0.29) is 0 Å². The monoisotopic (exact) mass is 392 g/mol. The zero-order valence-corrected chi connectivity index (χ0v) is 17.5. The summed E-state index contributed by atoms with van der Waals surface area (Å²) in [5, 5.41) is 10.7. The normalized spacial score (nSPS) is 11.2. The maximum absolute atomic E-state index is 5.78. The van der Waals surface area contributed by atoms with Gasteiger partial charge in [0, 0.05) is 12.0 Å². The van der Waals surface area contributed by atoms with Crippen LogP contribution >= 0.6 is 11.3 Å². The second-order valence-corrected chi connectivity index (χ2v) is 7.84. The van der Waals surface area contributed by atoms with E-state index in [1.165, 1.54) is 24.0 Å². The van der Waals surface area contributed by atoms with Crippen molar-refractivity contribution in [3.8, 4) is 27.4 Å². The third kappa shape index (κ3) is 5.77. The zero-order chi connectivity index (χ0) is 19.6. The standard InChI is InChI=1S/C24H28N2OS/c1-3-5-6-7-8-18-27-22-16-14-20(15-17-22)19-10-12-21(13-11-19)24-26-25-23(28-24)9-4-2/h7-8,10-17H,3-6,9,18H2,1-2H3. The van der Waals surface area contributed by atoms with Gasteiger partial charge < -0.3 is 4.74 Å². The van der Waals surface area contributed by atoms with Crippen molar-refractivity contribution in [3.05, 3.63) is 65.7 Å². The SMILES string of the molecule is CCCCC=CCOc1ccc(-c2ccc(-c3nnc(CCC)s3)cc2)cc1. The molecular formula is C24H28N2OS. The van der Waals surface area contributed by atoms with E-state index >= 15 is 0 Å². The highest BCUT2D eigenvalue weighted by Gasteiger charge is 2.07. The lowest BCUT2D eigenvalue weighted by Gasteiger charge is -2.06. The van der Waals surface area contributed by atoms with Gasteiger partial charge in [0.05, 0.1) is 0 Å². The van der Waals surface area contributed by atoms with Crippen molar-refractivity contribution in [1.82, 2.24) is 10.2 Å². The van der Waals surface area contributed by atoms with Crippen LogP contribution in [0, 0.1) is 0 Å². The molecule has 0 aliphatic heterocycles. The topological polar surface area (TPSA) is 35.0 Å². The van der Waals surface area contributed by atoms with Crippen LogP contribution in [-0.2, 0) is 6.42 Å². The maximum atomic E-state index is 5.78. The Morgan fingerprint density at radius 2 is 1.50 bits per heavy atom. The van der Waals surface area contributed by atoms with Crippen molar-refractivity contribution < 1.29 is 4.74 Å². The largest absolute Gasteiger partial charge is 0.490 e. The molecule has 2 aromatic carbocycles. The number of ether oxygens (including phenoxy) is 1. The van der Waals surface area contributed by atoms with Gasteiger partial charge in [0.2, 0.25) is 0 Å². The lowest BCUT2D eigenvalue weighted by atomic mass is 10.0. The third-order valence-corrected chi connectivity index (χ3v) is 5.52. The summed E-state index contributed by atoms with van der Waals surface area (Å²) in [7, 11) is 0. The van der Waals surface area contributed by atoms with E-state index in [1.807, 2.05) is 12.1 Å². The molecule has 1 aromatic heterocycles. The van der Waals surface area contributed by atoms with E-state index in [9.17, 15) is 0 Å². The lowest BCUT2D eigenvalue weighted by Crippen LogP contribution is -1.93. The van der Waals surface area contributed by atoms with Gasteiger partial charge in [0.1, 0.15) is 22.4 Å². The highest BCUT2D eigenvalue weighted by Crippen LogP contribution is 2.28. The predicted molar refractivity (Wildman–Crippen MR) is 119 cm³/mol. The van der Waals surface area contributed by atoms with Crippen LogP contribution in [0.3, 0.4) is 0 Å². The second-order valence-electron chi connectivity index (χ2n) is 6.78. The second kappa shape index (κ2) is 10.8. The Balaban J connectivity index is 1.58. The molecule has 0 N–H and O–H groups in total. The predicted octanol–water partition coefficient (Wildman–Crippen LogP) is 6.95. The Bertz CT molecular complexity index is 866. The minimum Gasteiger partial charge on any atom is -0.490 e. The number of aryl methyl sites for hydroxylation is 1. The van der Waals surface area contributed by atoms with Gasteiger partial charge in [-0.05, 0) is 36.1 Å². The van der Waals surface area contributed by atoms with Crippen molar-refractivity contribution in [3.63, 3.8) is 0 Å². The molecule has 28 heavy (non-hydrogen) atoms. The number of rotatable bonds is 10. The summed E-state index contributed by atoms with van der Waals surface area (Å²) in [6, 6.07) is 16.8. The molecule has 0 amide bonds. The first-order valence-corrected chi connectivity index (χ1v) is 10.9. The van der Waals surface area contributed by atoms with Crippen LogP contribution in [0.4, 0.5) is 0 Å². The summed E-state index contributed by atoms with van der Waals surface area (Å²) in [5.74, 6) is 0.901. The Hall–Kier alpha value is -2.46. The first kappa shape index (κ1) is 20.3. The lowest BCUT2D eigenvalue weighted by molar-refractivity contribution is 0.362. The highest BCUT2D eigenvalue weighted by atomic mass is 32.1. The van der Waals surface area contributed by atoms with Gasteiger partial charge in [0.25, 0.3) is 0 Å². The smallest absolute Gasteiger partial charge is 0.147 e. The molecule has 0 aliphatic rings. The molecule has 4 heteroatoms. The van der Waals surface area contributed by atoms with Gasteiger partial charge in [-0.2, -0.15) is 0 Å². The van der Waals surface area contributed by atoms with Crippen molar-refractivity contribution in [2.45, 2.75) is 46.0 Å². The van der Waals surface area contributed by atoms with Crippen molar-refractivity contribution in [2.75, 3.05) is 6.61 Å². The Kier molecular flexibility index (Phi) is 7.80. The number of hydrogen-bond acceptors (Lipinski definition) is 4. The first-order chi connectivity index (χ1) is 13.8. The van der Waals surface area contributed by atoms with Crippen molar-refractivity contribution in [1.29, 1.82) is 0 Å². The average molecular weight is 393 g/mol. The Morgan fingerprint density at radius 3 is 2.18 bits per heavy atom. The van der Waals surface area contributed by atoms with Crippen LogP contribution in [0.15, 0.2) is 60.7 Å². The van der Waals surface area contributed by atoms with E-state index in [2.05, 4.69) is 72.6 Å². The molecule has 0 bridgehead atoms. The molecule has 0 spiro atoms. The number of nitrogens with zero attached hydrogens (tertiary/aromatic N) is 2. The van der Waals surface area contributed by atoms with E-state index in [0.717, 1.165) is 40.6 Å². The summed E-state index contributed by atoms with van der Waals surface area (Å²) in [5.41, 5.74) is 3.49. The molecule has 0 radical (unpaired) electrons. The molecule has 0 aliphatic carbocycles. The van der Waals surface area contributed by atoms with Crippen LogP contribution in [0.25, 0.3) is 21.7 Å². The third-order valence-electron chi connectivity index (χ3n) is 4.49. The summed E-state index contributed by atoms with van der Waals surface area (Å²) >= 11 is 1.68. The fourth-order valence-electron chi connectivity index (χ4n) is 2.89. The fourth-order valence-corrected chi connectivity index (χ4v) is 3.83. The summed E-state index contributed by atoms with van der Waals surface area (Å²) in [6.07, 6.45) is 9.99. The average Bonchev–Trinajstić information content (AvgIpc) is 3.20. The van der Waals surface area contributed by atoms with Crippen molar-refractivity contribution in [2.24, 2.45) is 0 Å². The molecule has 0 fully saturated rings. The summed E-state index contributed by atoms with van der Waals surface area (Å²) in [6.45, 7) is 5.00. The number of benzene rings is 2. The van der Waals surface area contributed by atoms with Gasteiger partial charge in [-0.25, -0.2) is 0 Å². The molecule has 3 aromatic rings. The van der Waals surface area contributed by atoms with Crippen molar-refractivity contribution >= 4 is 11.3 Å². The minimum atomic E-state index is 0.625. The molecular weight excluding hydrogens is 364 g/mol. The van der Waals surface area contributed by atoms with Crippen LogP contribution in [0.2, 0.25) is 0 Å². The number of aromatic nitrogens is 2. The van der Waals surface area contributed by atoms with E-state index < -0.39 is 0 Å². The molecule has 146 valence electrons. The van der Waals surface area contributed by atoms with E-state index in [0.29, 0.717) is 6.61 Å². The van der Waals surface area contributed by atoms with Gasteiger partial charge in [-0.15, -0.1) is 10.2 Å². The fraction of sp³-hybridized carbons (Fsp3) is 0.333. The zero-order valence-electron chi connectivity index (χ0n) is 16.7. The van der Waals surface area contributed by atoms with Crippen LogP contribution in [-0.4, -0.2) is 16.8 Å². The van der Waals surface area contributed by atoms with Gasteiger partial charge in [-0.1, -0.05) is 86.6 Å². The van der Waals surface area contributed by atoms with Crippen LogP contribution < -0.4 is 4.74 Å². The van der Waals surface area contributed by atoms with Gasteiger partial charge >= 0.3 is 0 Å². The molecule has 0 saturated carbocycles. The van der Waals surface area contributed by atoms with Gasteiger partial charge in [-0.3, -0.25) is 0 Å². The molecule has 1 heterocycles. The molecule has 0 saturated heterocycles. The quantitative estimate of drug-likeness (QED) is 0.276. The van der Waals surface area contributed by atoms with Crippen LogP contribution in [0.1, 0.15) is 44.5 Å². The van der Waals surface area contributed by atoms with Gasteiger partial charge in [0.15, 0.2) is 0 Å². The highest BCUT2D eigenvalue weighted by molar-refractivity contribution is 7.14. The molecule has 3 rings (SSSR count). The van der Waals surface area contributed by atoms with E-state index in [4.69, 9.17) is 4.74 Å². The minimum absolute atomic E-state index is 0.625.